The molecule has 2 fully saturated rings. The number of rotatable bonds is 3. The second-order valence-corrected chi connectivity index (χ2v) is 8.92. The highest BCUT2D eigenvalue weighted by atomic mass is 32.2. The van der Waals surface area contributed by atoms with Crippen LogP contribution in [0.1, 0.15) is 40.0 Å². The van der Waals surface area contributed by atoms with Gasteiger partial charge in [-0.25, -0.2) is 8.42 Å². The number of nitrogens with zero attached hydrogens (tertiary/aromatic N) is 1. The molecule has 2 saturated heterocycles. The third-order valence-electron chi connectivity index (χ3n) is 4.36. The van der Waals surface area contributed by atoms with Gasteiger partial charge in [0, 0.05) is 31.2 Å². The van der Waals surface area contributed by atoms with E-state index in [2.05, 4.69) is 31.0 Å². The van der Waals surface area contributed by atoms with E-state index in [-0.39, 0.29) is 6.04 Å². The van der Waals surface area contributed by atoms with Crippen molar-refractivity contribution in [2.75, 3.05) is 24.6 Å². The first kappa shape index (κ1) is 15.3. The van der Waals surface area contributed by atoms with Gasteiger partial charge in [-0.15, -0.1) is 0 Å². The Morgan fingerprint density at radius 1 is 1.37 bits per heavy atom. The highest BCUT2D eigenvalue weighted by Gasteiger charge is 2.35. The van der Waals surface area contributed by atoms with Gasteiger partial charge in [0.15, 0.2) is 9.84 Å². The van der Waals surface area contributed by atoms with Gasteiger partial charge >= 0.3 is 0 Å². The van der Waals surface area contributed by atoms with Crippen LogP contribution in [0.5, 0.6) is 0 Å². The molecule has 2 aliphatic heterocycles. The van der Waals surface area contributed by atoms with Gasteiger partial charge in [-0.2, -0.15) is 0 Å². The number of hydrogen-bond acceptors (Lipinski definition) is 4. The Balaban J connectivity index is 2.00. The maximum absolute atomic E-state index is 11.8. The summed E-state index contributed by atoms with van der Waals surface area (Å²) in [7, 11) is -2.81. The molecule has 3 unspecified atom stereocenters. The lowest BCUT2D eigenvalue weighted by Gasteiger charge is -2.44. The fraction of sp³-hybridized carbons (Fsp3) is 1.00. The Morgan fingerprint density at radius 2 is 2.11 bits per heavy atom. The largest absolute Gasteiger partial charge is 0.311 e. The van der Waals surface area contributed by atoms with Crippen molar-refractivity contribution in [3.8, 4) is 0 Å². The zero-order valence-corrected chi connectivity index (χ0v) is 13.2. The van der Waals surface area contributed by atoms with Crippen molar-refractivity contribution in [2.45, 2.75) is 58.2 Å². The minimum Gasteiger partial charge on any atom is -0.311 e. The molecule has 0 saturated carbocycles. The first-order valence-corrected chi connectivity index (χ1v) is 9.39. The molecule has 2 aliphatic rings. The quantitative estimate of drug-likeness (QED) is 0.850. The van der Waals surface area contributed by atoms with Crippen LogP contribution in [0.2, 0.25) is 0 Å². The van der Waals surface area contributed by atoms with Crippen molar-refractivity contribution in [1.82, 2.24) is 10.2 Å². The molecule has 112 valence electrons. The molecule has 5 heteroatoms. The first-order valence-electron chi connectivity index (χ1n) is 7.57. The van der Waals surface area contributed by atoms with Gasteiger partial charge in [0.2, 0.25) is 0 Å². The van der Waals surface area contributed by atoms with Gasteiger partial charge in [-0.05, 0) is 32.1 Å². The molecule has 0 aliphatic carbocycles. The fourth-order valence-corrected chi connectivity index (χ4v) is 5.17. The number of hydrogen-bond donors (Lipinski definition) is 1. The summed E-state index contributed by atoms with van der Waals surface area (Å²) in [5.41, 5.74) is 0. The van der Waals surface area contributed by atoms with E-state index in [0.717, 1.165) is 25.9 Å². The van der Waals surface area contributed by atoms with Gasteiger partial charge in [0.05, 0.1) is 11.5 Å². The van der Waals surface area contributed by atoms with Crippen molar-refractivity contribution in [1.29, 1.82) is 0 Å². The van der Waals surface area contributed by atoms with Crippen molar-refractivity contribution in [3.05, 3.63) is 0 Å². The molecule has 1 N–H and O–H groups in total. The molecule has 0 spiro atoms. The van der Waals surface area contributed by atoms with Crippen LogP contribution in [0.3, 0.4) is 0 Å². The molecule has 0 aromatic rings. The van der Waals surface area contributed by atoms with E-state index in [9.17, 15) is 8.42 Å². The van der Waals surface area contributed by atoms with E-state index in [1.54, 1.807) is 0 Å². The molecule has 4 nitrogen and oxygen atoms in total. The number of piperazine rings is 1. The summed E-state index contributed by atoms with van der Waals surface area (Å²) in [5, 5.41) is 3.60. The summed E-state index contributed by atoms with van der Waals surface area (Å²) < 4.78 is 23.7. The van der Waals surface area contributed by atoms with Gasteiger partial charge < -0.3 is 5.32 Å². The Morgan fingerprint density at radius 3 is 2.74 bits per heavy atom. The molecular weight excluding hydrogens is 260 g/mol. The maximum Gasteiger partial charge on any atom is 0.151 e. The highest BCUT2D eigenvalue weighted by Crippen LogP contribution is 2.23. The average molecular weight is 288 g/mol. The normalized spacial score (nSPS) is 36.5. The average Bonchev–Trinajstić information content (AvgIpc) is 2.29. The predicted molar refractivity (Wildman–Crippen MR) is 79.1 cm³/mol. The number of nitrogens with one attached hydrogen (secondary N) is 1. The monoisotopic (exact) mass is 288 g/mol. The molecule has 0 amide bonds. The van der Waals surface area contributed by atoms with Crippen LogP contribution < -0.4 is 5.32 Å². The maximum atomic E-state index is 11.8. The van der Waals surface area contributed by atoms with Crippen molar-refractivity contribution in [2.24, 2.45) is 5.92 Å². The van der Waals surface area contributed by atoms with Crippen LogP contribution in [0, 0.1) is 5.92 Å². The van der Waals surface area contributed by atoms with Crippen molar-refractivity contribution >= 4 is 9.84 Å². The predicted octanol–water partition coefficient (Wildman–Crippen LogP) is 1.27. The molecule has 0 aromatic heterocycles. The molecule has 2 heterocycles. The summed E-state index contributed by atoms with van der Waals surface area (Å²) in [4.78, 5) is 2.44. The molecule has 19 heavy (non-hydrogen) atoms. The third-order valence-corrected chi connectivity index (χ3v) is 6.17. The van der Waals surface area contributed by atoms with Crippen molar-refractivity contribution < 1.29 is 8.42 Å². The van der Waals surface area contributed by atoms with Crippen LogP contribution in [0.4, 0.5) is 0 Å². The molecule has 0 radical (unpaired) electrons. The lowest BCUT2D eigenvalue weighted by Crippen LogP contribution is -2.60. The molecular formula is C14H28N2O2S. The number of sulfone groups is 1. The topological polar surface area (TPSA) is 49.4 Å². The summed E-state index contributed by atoms with van der Waals surface area (Å²) in [5.74, 6) is 1.44. The highest BCUT2D eigenvalue weighted by molar-refractivity contribution is 7.91. The summed E-state index contributed by atoms with van der Waals surface area (Å²) in [6, 6.07) is 1.20. The minimum atomic E-state index is -2.81. The lowest BCUT2D eigenvalue weighted by atomic mass is 9.98. The molecule has 0 aromatic carbocycles. The van der Waals surface area contributed by atoms with Crippen LogP contribution in [0.15, 0.2) is 0 Å². The Hall–Kier alpha value is -0.130. The molecule has 2 rings (SSSR count). The van der Waals surface area contributed by atoms with Crippen LogP contribution in [-0.4, -0.2) is 56.0 Å². The smallest absolute Gasteiger partial charge is 0.151 e. The first-order chi connectivity index (χ1) is 8.87. The summed E-state index contributed by atoms with van der Waals surface area (Å²) in [6.07, 6.45) is 3.04. The molecule has 3 atom stereocenters. The second kappa shape index (κ2) is 6.10. The van der Waals surface area contributed by atoms with Crippen LogP contribution >= 0.6 is 0 Å². The van der Waals surface area contributed by atoms with Gasteiger partial charge in [-0.3, -0.25) is 4.90 Å². The van der Waals surface area contributed by atoms with E-state index in [4.69, 9.17) is 0 Å². The van der Waals surface area contributed by atoms with Gasteiger partial charge in [-0.1, -0.05) is 13.8 Å². The SMILES string of the molecule is CC(C)CC1CN(C2CCCS(=O)(=O)C2)C(C)CN1. The van der Waals surface area contributed by atoms with Crippen molar-refractivity contribution in [3.63, 3.8) is 0 Å². The zero-order chi connectivity index (χ0) is 14.0. The van der Waals surface area contributed by atoms with E-state index < -0.39 is 9.84 Å². The Kier molecular flexibility index (Phi) is 4.90. The van der Waals surface area contributed by atoms with E-state index in [0.29, 0.717) is 29.5 Å². The Labute approximate surface area is 117 Å². The standard InChI is InChI=1S/C14H28N2O2S/c1-11(2)7-13-9-16(12(3)8-15-13)14-5-4-6-19(17,18)10-14/h11-15H,4-10H2,1-3H3. The fourth-order valence-electron chi connectivity index (χ4n) is 3.45. The van der Waals surface area contributed by atoms with Gasteiger partial charge in [0.25, 0.3) is 0 Å². The second-order valence-electron chi connectivity index (χ2n) is 6.69. The molecule has 0 bridgehead atoms. The van der Waals surface area contributed by atoms with Crippen LogP contribution in [0.25, 0.3) is 0 Å². The van der Waals surface area contributed by atoms with Crippen LogP contribution in [-0.2, 0) is 9.84 Å². The van der Waals surface area contributed by atoms with E-state index in [1.807, 2.05) is 0 Å². The summed E-state index contributed by atoms with van der Waals surface area (Å²) in [6.45, 7) is 8.68. The minimum absolute atomic E-state index is 0.241. The van der Waals surface area contributed by atoms with Gasteiger partial charge in [0.1, 0.15) is 0 Å². The summed E-state index contributed by atoms with van der Waals surface area (Å²) >= 11 is 0. The third kappa shape index (κ3) is 4.17. The zero-order valence-electron chi connectivity index (χ0n) is 12.4. The van der Waals surface area contributed by atoms with E-state index >= 15 is 0 Å². The lowest BCUT2D eigenvalue weighted by molar-refractivity contribution is 0.0876. The Bertz CT molecular complexity index is 394. The van der Waals surface area contributed by atoms with E-state index in [1.165, 1.54) is 6.42 Å².